The normalized spacial score (nSPS) is 12.1. The number of rotatable bonds is 16. The van der Waals surface area contributed by atoms with Gasteiger partial charge < -0.3 is 24.3 Å². The minimum absolute atomic E-state index is 0.127. The molecular formula is C27H33NO8S2. The Bertz CT molecular complexity index is 925. The first-order valence-electron chi connectivity index (χ1n) is 12.0. The van der Waals surface area contributed by atoms with Gasteiger partial charge in [-0.05, 0) is 61.1 Å². The molecule has 0 aliphatic heterocycles. The summed E-state index contributed by atoms with van der Waals surface area (Å²) in [5, 5.41) is 2.52. The van der Waals surface area contributed by atoms with Crippen molar-refractivity contribution in [1.82, 2.24) is 5.32 Å². The van der Waals surface area contributed by atoms with E-state index < -0.39 is 36.0 Å². The van der Waals surface area contributed by atoms with Gasteiger partial charge in [0.2, 0.25) is 0 Å². The van der Waals surface area contributed by atoms with Crippen molar-refractivity contribution in [1.29, 1.82) is 0 Å². The fourth-order valence-corrected chi connectivity index (χ4v) is 4.17. The van der Waals surface area contributed by atoms with Gasteiger partial charge in [-0.3, -0.25) is 9.59 Å². The zero-order valence-corrected chi connectivity index (χ0v) is 23.1. The first-order chi connectivity index (χ1) is 18.4. The molecule has 0 saturated carbocycles. The van der Waals surface area contributed by atoms with E-state index in [2.05, 4.69) is 5.32 Å². The van der Waals surface area contributed by atoms with Gasteiger partial charge in [-0.1, -0.05) is 36.4 Å². The van der Waals surface area contributed by atoms with Crippen molar-refractivity contribution in [2.75, 3.05) is 37.2 Å². The number of hydrogen-bond acceptors (Lipinski definition) is 10. The third-order valence-electron chi connectivity index (χ3n) is 5.10. The van der Waals surface area contributed by atoms with Crippen LogP contribution < -0.4 is 14.8 Å². The summed E-state index contributed by atoms with van der Waals surface area (Å²) >= 11 is 3.07. The molecule has 11 heteroatoms. The molecule has 0 spiro atoms. The Labute approximate surface area is 231 Å². The molecule has 1 N–H and O–H groups in total. The van der Waals surface area contributed by atoms with Crippen LogP contribution >= 0.6 is 23.5 Å². The number of nitrogens with one attached hydrogen (secondary N) is 1. The third-order valence-corrected chi connectivity index (χ3v) is 6.39. The Kier molecular flexibility index (Phi) is 14.8. The summed E-state index contributed by atoms with van der Waals surface area (Å²) in [5.74, 6) is -0.425. The standard InChI is InChI=1S/C27H33NO8S2/c1-37-17-13-20(19-24(29)35-21-9-5-3-6-10-21)25(30)33-15-16-34-26(31)23(14-18-38-2)28-27(32)36-22-11-7-4-8-12-22/h3-12,20,23H,13-19H2,1-2H3,(H,28,32). The second kappa shape index (κ2) is 18.1. The number of hydrogen-bond donors (Lipinski definition) is 1. The number of carbonyl (C=O) groups is 4. The molecule has 0 bridgehead atoms. The Morgan fingerprint density at radius 3 is 1.84 bits per heavy atom. The van der Waals surface area contributed by atoms with E-state index in [4.69, 9.17) is 18.9 Å². The van der Waals surface area contributed by atoms with Crippen LogP contribution in [0.15, 0.2) is 60.7 Å². The van der Waals surface area contributed by atoms with E-state index in [0.29, 0.717) is 35.8 Å². The number of benzene rings is 2. The van der Waals surface area contributed by atoms with Crippen molar-refractivity contribution in [2.24, 2.45) is 5.92 Å². The van der Waals surface area contributed by atoms with E-state index >= 15 is 0 Å². The highest BCUT2D eigenvalue weighted by Crippen LogP contribution is 2.17. The molecule has 0 aliphatic rings. The lowest BCUT2D eigenvalue weighted by Crippen LogP contribution is -2.43. The summed E-state index contributed by atoms with van der Waals surface area (Å²) in [5.41, 5.74) is 0. The number of ether oxygens (including phenoxy) is 4. The van der Waals surface area contributed by atoms with Crippen LogP contribution in [0.3, 0.4) is 0 Å². The third kappa shape index (κ3) is 12.4. The molecule has 0 heterocycles. The van der Waals surface area contributed by atoms with Gasteiger partial charge in [0.15, 0.2) is 0 Å². The molecule has 2 atom stereocenters. The van der Waals surface area contributed by atoms with E-state index in [0.717, 1.165) is 0 Å². The first kappa shape index (κ1) is 31.0. The van der Waals surface area contributed by atoms with Crippen molar-refractivity contribution in [3.05, 3.63) is 60.7 Å². The largest absolute Gasteiger partial charge is 0.462 e. The average Bonchev–Trinajstić information content (AvgIpc) is 2.92. The Hall–Kier alpha value is -3.18. The second-order valence-electron chi connectivity index (χ2n) is 7.99. The highest BCUT2D eigenvalue weighted by molar-refractivity contribution is 7.98. The van der Waals surface area contributed by atoms with Crippen LogP contribution in [0.5, 0.6) is 11.5 Å². The predicted octanol–water partition coefficient (Wildman–Crippen LogP) is 4.35. The van der Waals surface area contributed by atoms with Crippen LogP contribution in [0, 0.1) is 5.92 Å². The molecule has 2 unspecified atom stereocenters. The van der Waals surface area contributed by atoms with Gasteiger partial charge in [0.05, 0.1) is 12.3 Å². The minimum Gasteiger partial charge on any atom is -0.462 e. The van der Waals surface area contributed by atoms with E-state index in [1.165, 1.54) is 11.8 Å². The number of carbonyl (C=O) groups excluding carboxylic acids is 4. The molecule has 0 aromatic heterocycles. The van der Waals surface area contributed by atoms with Crippen molar-refractivity contribution in [2.45, 2.75) is 25.3 Å². The van der Waals surface area contributed by atoms with Crippen LogP contribution in [0.4, 0.5) is 4.79 Å². The Morgan fingerprint density at radius 2 is 1.26 bits per heavy atom. The maximum Gasteiger partial charge on any atom is 0.413 e. The summed E-state index contributed by atoms with van der Waals surface area (Å²) in [7, 11) is 0. The maximum atomic E-state index is 12.6. The van der Waals surface area contributed by atoms with Crippen molar-refractivity contribution >= 4 is 47.5 Å². The van der Waals surface area contributed by atoms with Gasteiger partial charge in [-0.25, -0.2) is 9.59 Å². The lowest BCUT2D eigenvalue weighted by molar-refractivity contribution is -0.157. The van der Waals surface area contributed by atoms with Gasteiger partial charge in [0.25, 0.3) is 0 Å². The molecule has 1 amide bonds. The van der Waals surface area contributed by atoms with Crippen molar-refractivity contribution in [3.8, 4) is 11.5 Å². The molecule has 0 fully saturated rings. The maximum absolute atomic E-state index is 12.6. The van der Waals surface area contributed by atoms with Crippen LogP contribution in [-0.4, -0.2) is 67.3 Å². The van der Waals surface area contributed by atoms with Crippen molar-refractivity contribution in [3.63, 3.8) is 0 Å². The number of thioether (sulfide) groups is 2. The van der Waals surface area contributed by atoms with Gasteiger partial charge in [0, 0.05) is 0 Å². The van der Waals surface area contributed by atoms with Gasteiger partial charge >= 0.3 is 24.0 Å². The van der Waals surface area contributed by atoms with Crippen LogP contribution in [0.1, 0.15) is 19.3 Å². The molecule has 0 saturated heterocycles. The molecule has 0 aliphatic carbocycles. The number of esters is 3. The van der Waals surface area contributed by atoms with E-state index in [1.54, 1.807) is 72.4 Å². The summed E-state index contributed by atoms with van der Waals surface area (Å²) in [4.78, 5) is 49.7. The highest BCUT2D eigenvalue weighted by Gasteiger charge is 2.26. The molecule has 206 valence electrons. The number of amides is 1. The topological polar surface area (TPSA) is 117 Å². The first-order valence-corrected chi connectivity index (χ1v) is 14.8. The Balaban J connectivity index is 1.81. The van der Waals surface area contributed by atoms with E-state index in [1.807, 2.05) is 12.5 Å². The zero-order chi connectivity index (χ0) is 27.6. The summed E-state index contributed by atoms with van der Waals surface area (Å²) in [6, 6.07) is 16.2. The minimum atomic E-state index is -0.920. The van der Waals surface area contributed by atoms with E-state index in [-0.39, 0.29) is 19.6 Å². The molecule has 2 rings (SSSR count). The Morgan fingerprint density at radius 1 is 0.737 bits per heavy atom. The van der Waals surface area contributed by atoms with Crippen LogP contribution in [-0.2, 0) is 23.9 Å². The summed E-state index contributed by atoms with van der Waals surface area (Å²) < 4.78 is 21.0. The van der Waals surface area contributed by atoms with Crippen molar-refractivity contribution < 1.29 is 38.1 Å². The molecule has 9 nitrogen and oxygen atoms in total. The molecule has 2 aromatic carbocycles. The summed E-state index contributed by atoms with van der Waals surface area (Å²) in [6.45, 7) is -0.378. The van der Waals surface area contributed by atoms with Crippen LogP contribution in [0.25, 0.3) is 0 Å². The summed E-state index contributed by atoms with van der Waals surface area (Å²) in [6.07, 6.45) is 3.66. The monoisotopic (exact) mass is 563 g/mol. The van der Waals surface area contributed by atoms with Gasteiger partial charge in [-0.2, -0.15) is 23.5 Å². The fraction of sp³-hybridized carbons (Fsp3) is 0.407. The zero-order valence-electron chi connectivity index (χ0n) is 21.5. The number of para-hydroxylation sites is 2. The molecule has 0 radical (unpaired) electrons. The quantitative estimate of drug-likeness (QED) is 0.179. The fourth-order valence-electron chi connectivity index (χ4n) is 3.18. The lowest BCUT2D eigenvalue weighted by Gasteiger charge is -2.18. The molecule has 38 heavy (non-hydrogen) atoms. The SMILES string of the molecule is CSCCC(CC(=O)Oc1ccccc1)C(=O)OCCOC(=O)C(CCSC)NC(=O)Oc1ccccc1. The van der Waals surface area contributed by atoms with Gasteiger partial charge in [-0.15, -0.1) is 0 Å². The lowest BCUT2D eigenvalue weighted by atomic mass is 10.0. The van der Waals surface area contributed by atoms with Gasteiger partial charge in [0.1, 0.15) is 30.8 Å². The molecule has 2 aromatic rings. The van der Waals surface area contributed by atoms with E-state index in [9.17, 15) is 19.2 Å². The smallest absolute Gasteiger partial charge is 0.413 e. The highest BCUT2D eigenvalue weighted by atomic mass is 32.2. The predicted molar refractivity (Wildman–Crippen MR) is 147 cm³/mol. The second-order valence-corrected chi connectivity index (χ2v) is 9.96. The molecular weight excluding hydrogens is 530 g/mol. The average molecular weight is 564 g/mol. The van der Waals surface area contributed by atoms with Crippen LogP contribution in [0.2, 0.25) is 0 Å².